The van der Waals surface area contributed by atoms with Gasteiger partial charge in [0.1, 0.15) is 0 Å². The van der Waals surface area contributed by atoms with Crippen LogP contribution in [0.2, 0.25) is 0 Å². The lowest BCUT2D eigenvalue weighted by Gasteiger charge is -2.31. The summed E-state index contributed by atoms with van der Waals surface area (Å²) in [6, 6.07) is 8.85. The summed E-state index contributed by atoms with van der Waals surface area (Å²) in [5.41, 5.74) is 1.27. The van der Waals surface area contributed by atoms with Gasteiger partial charge in [-0.15, -0.1) is 0 Å². The molecule has 1 aromatic rings. The first-order valence-electron chi connectivity index (χ1n) is 6.84. The highest BCUT2D eigenvalue weighted by atomic mass is 16.3. The number of rotatable bonds is 4. The Labute approximate surface area is 118 Å². The molecule has 1 aromatic carbocycles. The fourth-order valence-electron chi connectivity index (χ4n) is 2.48. The number of benzene rings is 1. The van der Waals surface area contributed by atoms with E-state index in [-0.39, 0.29) is 18.4 Å². The number of anilines is 1. The number of piperidine rings is 1. The first kappa shape index (κ1) is 14.5. The molecular weight excluding hydrogens is 254 g/mol. The largest absolute Gasteiger partial charge is 0.396 e. The predicted octanol–water partition coefficient (Wildman–Crippen LogP) is 1.20. The molecule has 0 spiro atoms. The van der Waals surface area contributed by atoms with E-state index >= 15 is 0 Å². The van der Waals surface area contributed by atoms with E-state index in [1.165, 1.54) is 0 Å². The second kappa shape index (κ2) is 7.04. The van der Waals surface area contributed by atoms with Crippen molar-refractivity contribution in [3.05, 3.63) is 29.8 Å². The quantitative estimate of drug-likeness (QED) is 0.864. The Kier molecular flexibility index (Phi) is 5.10. The van der Waals surface area contributed by atoms with Gasteiger partial charge in [-0.1, -0.05) is 0 Å². The Hall–Kier alpha value is -1.90. The first-order chi connectivity index (χ1) is 9.71. The van der Waals surface area contributed by atoms with E-state index in [1.807, 2.05) is 6.07 Å². The maximum atomic E-state index is 11.9. The van der Waals surface area contributed by atoms with Crippen molar-refractivity contribution in [3.63, 3.8) is 0 Å². The Balaban J connectivity index is 1.84. The Morgan fingerprint density at radius 3 is 2.85 bits per heavy atom. The van der Waals surface area contributed by atoms with Crippen LogP contribution < -0.4 is 5.32 Å². The van der Waals surface area contributed by atoms with Crippen LogP contribution >= 0.6 is 0 Å². The van der Waals surface area contributed by atoms with Gasteiger partial charge in [-0.2, -0.15) is 5.26 Å². The molecule has 20 heavy (non-hydrogen) atoms. The maximum absolute atomic E-state index is 11.9. The van der Waals surface area contributed by atoms with Gasteiger partial charge in [-0.3, -0.25) is 9.69 Å². The van der Waals surface area contributed by atoms with E-state index in [2.05, 4.69) is 10.2 Å². The molecule has 0 radical (unpaired) electrons. The number of aliphatic hydroxyl groups excluding tert-OH is 1. The van der Waals surface area contributed by atoms with Gasteiger partial charge in [0.25, 0.3) is 0 Å². The number of amides is 1. The van der Waals surface area contributed by atoms with E-state index in [0.29, 0.717) is 17.8 Å². The third-order valence-electron chi connectivity index (χ3n) is 3.53. The van der Waals surface area contributed by atoms with Crippen molar-refractivity contribution < 1.29 is 9.90 Å². The van der Waals surface area contributed by atoms with Crippen molar-refractivity contribution in [2.75, 3.05) is 31.6 Å². The highest BCUT2D eigenvalue weighted by molar-refractivity contribution is 5.92. The van der Waals surface area contributed by atoms with Crippen LogP contribution in [0.3, 0.4) is 0 Å². The van der Waals surface area contributed by atoms with Crippen molar-refractivity contribution in [2.45, 2.75) is 12.8 Å². The molecule has 5 nitrogen and oxygen atoms in total. The molecule has 0 saturated carbocycles. The number of hydrogen-bond acceptors (Lipinski definition) is 4. The van der Waals surface area contributed by atoms with Crippen molar-refractivity contribution in [1.29, 1.82) is 5.26 Å². The summed E-state index contributed by atoms with van der Waals surface area (Å²) in [5.74, 6) is 0.222. The molecule has 1 amide bonds. The van der Waals surface area contributed by atoms with Gasteiger partial charge in [-0.05, 0) is 49.6 Å². The lowest BCUT2D eigenvalue weighted by molar-refractivity contribution is -0.117. The number of aliphatic hydroxyl groups is 1. The van der Waals surface area contributed by atoms with Gasteiger partial charge in [-0.25, -0.2) is 0 Å². The van der Waals surface area contributed by atoms with Crippen molar-refractivity contribution in [3.8, 4) is 6.07 Å². The summed E-state index contributed by atoms with van der Waals surface area (Å²) in [6.45, 7) is 2.21. The monoisotopic (exact) mass is 273 g/mol. The van der Waals surface area contributed by atoms with Crippen LogP contribution in [-0.2, 0) is 4.79 Å². The summed E-state index contributed by atoms with van der Waals surface area (Å²) < 4.78 is 0. The number of carbonyl (C=O) groups is 1. The number of nitrogens with zero attached hydrogens (tertiary/aromatic N) is 2. The van der Waals surface area contributed by atoms with E-state index in [0.717, 1.165) is 25.9 Å². The minimum absolute atomic E-state index is 0.0618. The molecule has 106 valence electrons. The predicted molar refractivity (Wildman–Crippen MR) is 76.0 cm³/mol. The Bertz CT molecular complexity index is 493. The number of hydrogen-bond donors (Lipinski definition) is 2. The number of nitrogens with one attached hydrogen (secondary N) is 1. The van der Waals surface area contributed by atoms with Gasteiger partial charge >= 0.3 is 0 Å². The number of nitriles is 1. The molecule has 1 aliphatic heterocycles. The maximum Gasteiger partial charge on any atom is 0.238 e. The van der Waals surface area contributed by atoms with Crippen LogP contribution in [0, 0.1) is 17.2 Å². The zero-order valence-corrected chi connectivity index (χ0v) is 11.4. The lowest BCUT2D eigenvalue weighted by Crippen LogP contribution is -2.41. The second-order valence-electron chi connectivity index (χ2n) is 5.16. The summed E-state index contributed by atoms with van der Waals surface area (Å²) in [6.07, 6.45) is 2.06. The molecular formula is C15H19N3O2. The Morgan fingerprint density at radius 2 is 2.20 bits per heavy atom. The smallest absolute Gasteiger partial charge is 0.238 e. The topological polar surface area (TPSA) is 76.4 Å². The highest BCUT2D eigenvalue weighted by Crippen LogP contribution is 2.15. The second-order valence-corrected chi connectivity index (χ2v) is 5.16. The van der Waals surface area contributed by atoms with Gasteiger partial charge < -0.3 is 10.4 Å². The fourth-order valence-corrected chi connectivity index (χ4v) is 2.48. The molecule has 1 heterocycles. The molecule has 5 heteroatoms. The standard InChI is InChI=1S/C15H19N3O2/c16-8-12-3-5-14(6-4-12)17-15(20)10-18-7-1-2-13(9-18)11-19/h3-6,13,19H,1-2,7,9-11H2,(H,17,20). The van der Waals surface area contributed by atoms with Gasteiger partial charge in [0.2, 0.25) is 5.91 Å². The molecule has 1 atom stereocenters. The van der Waals surface area contributed by atoms with Crippen LogP contribution in [0.1, 0.15) is 18.4 Å². The van der Waals surface area contributed by atoms with E-state index < -0.39 is 0 Å². The highest BCUT2D eigenvalue weighted by Gasteiger charge is 2.20. The van der Waals surface area contributed by atoms with Gasteiger partial charge in [0, 0.05) is 18.8 Å². The van der Waals surface area contributed by atoms with Crippen LogP contribution in [0.5, 0.6) is 0 Å². The van der Waals surface area contributed by atoms with Crippen molar-refractivity contribution in [1.82, 2.24) is 4.90 Å². The van der Waals surface area contributed by atoms with Crippen LogP contribution in [0.15, 0.2) is 24.3 Å². The minimum atomic E-state index is -0.0618. The van der Waals surface area contributed by atoms with E-state index in [4.69, 9.17) is 5.26 Å². The average Bonchev–Trinajstić information content (AvgIpc) is 2.48. The molecule has 1 saturated heterocycles. The average molecular weight is 273 g/mol. The van der Waals surface area contributed by atoms with Crippen molar-refractivity contribution in [2.24, 2.45) is 5.92 Å². The first-order valence-corrected chi connectivity index (χ1v) is 6.84. The van der Waals surface area contributed by atoms with Crippen LogP contribution in [0.4, 0.5) is 5.69 Å². The van der Waals surface area contributed by atoms with Crippen molar-refractivity contribution >= 4 is 11.6 Å². The zero-order chi connectivity index (χ0) is 14.4. The number of likely N-dealkylation sites (tertiary alicyclic amines) is 1. The summed E-state index contributed by atoms with van der Waals surface area (Å²) in [4.78, 5) is 14.0. The molecule has 0 aliphatic carbocycles. The lowest BCUT2D eigenvalue weighted by atomic mass is 9.99. The molecule has 1 aliphatic rings. The molecule has 2 rings (SSSR count). The number of carbonyl (C=O) groups excluding carboxylic acids is 1. The third kappa shape index (κ3) is 4.05. The normalized spacial score (nSPS) is 19.3. The van der Waals surface area contributed by atoms with Gasteiger partial charge in [0.15, 0.2) is 0 Å². The molecule has 1 unspecified atom stereocenters. The van der Waals surface area contributed by atoms with Gasteiger partial charge in [0.05, 0.1) is 18.2 Å². The fraction of sp³-hybridized carbons (Fsp3) is 0.467. The molecule has 2 N–H and O–H groups in total. The van der Waals surface area contributed by atoms with E-state index in [1.54, 1.807) is 24.3 Å². The summed E-state index contributed by atoms with van der Waals surface area (Å²) in [5, 5.41) is 20.7. The Morgan fingerprint density at radius 1 is 1.45 bits per heavy atom. The third-order valence-corrected chi connectivity index (χ3v) is 3.53. The zero-order valence-electron chi connectivity index (χ0n) is 11.4. The van der Waals surface area contributed by atoms with Crippen LogP contribution in [-0.4, -0.2) is 42.2 Å². The molecule has 0 aromatic heterocycles. The summed E-state index contributed by atoms with van der Waals surface area (Å²) >= 11 is 0. The summed E-state index contributed by atoms with van der Waals surface area (Å²) in [7, 11) is 0. The molecule has 1 fully saturated rings. The minimum Gasteiger partial charge on any atom is -0.396 e. The van der Waals surface area contributed by atoms with E-state index in [9.17, 15) is 9.90 Å². The van der Waals surface area contributed by atoms with Crippen LogP contribution in [0.25, 0.3) is 0 Å². The molecule has 0 bridgehead atoms. The SMILES string of the molecule is N#Cc1ccc(NC(=O)CN2CCCC(CO)C2)cc1.